The van der Waals surface area contributed by atoms with Gasteiger partial charge in [-0.05, 0) is 18.8 Å². The summed E-state index contributed by atoms with van der Waals surface area (Å²) in [6.45, 7) is 0.941. The molecule has 100 valence electrons. The Bertz CT molecular complexity index is 386. The van der Waals surface area contributed by atoms with Crippen LogP contribution >= 0.6 is 11.3 Å². The maximum atomic E-state index is 10.5. The molecule has 2 rings (SSSR count). The summed E-state index contributed by atoms with van der Waals surface area (Å²) in [4.78, 5) is 14.8. The zero-order valence-corrected chi connectivity index (χ0v) is 11.3. The molecule has 0 bridgehead atoms. The summed E-state index contributed by atoms with van der Waals surface area (Å²) in [5.74, 6) is 0.110. The number of nitrogens with one attached hydrogen (secondary N) is 1. The molecule has 4 nitrogen and oxygen atoms in total. The number of carboxylic acids is 1. The standard InChI is InChI=1S/C13H20N2O2S/c16-12(17)8-11-9-18-13(15-11)14-7-3-6-10-4-1-2-5-10/h9-10H,1-8H2,(H,14,15)(H,16,17). The highest BCUT2D eigenvalue weighted by atomic mass is 32.1. The summed E-state index contributed by atoms with van der Waals surface area (Å²) in [6.07, 6.45) is 8.12. The lowest BCUT2D eigenvalue weighted by Crippen LogP contribution is -2.05. The molecule has 1 aliphatic rings. The molecule has 2 N–H and O–H groups in total. The molecule has 5 heteroatoms. The van der Waals surface area contributed by atoms with Crippen LogP contribution in [0.5, 0.6) is 0 Å². The summed E-state index contributed by atoms with van der Waals surface area (Å²) >= 11 is 1.49. The maximum Gasteiger partial charge on any atom is 0.309 e. The summed E-state index contributed by atoms with van der Waals surface area (Å²) in [5.41, 5.74) is 0.644. The minimum atomic E-state index is -0.826. The van der Waals surface area contributed by atoms with Gasteiger partial charge in [-0.15, -0.1) is 11.3 Å². The van der Waals surface area contributed by atoms with E-state index in [1.54, 1.807) is 0 Å². The number of hydrogen-bond donors (Lipinski definition) is 2. The van der Waals surface area contributed by atoms with Gasteiger partial charge >= 0.3 is 5.97 Å². The second-order valence-electron chi connectivity index (χ2n) is 4.93. The van der Waals surface area contributed by atoms with Crippen molar-refractivity contribution >= 4 is 22.4 Å². The summed E-state index contributed by atoms with van der Waals surface area (Å²) < 4.78 is 0. The van der Waals surface area contributed by atoms with Crippen LogP contribution < -0.4 is 5.32 Å². The van der Waals surface area contributed by atoms with Gasteiger partial charge in [0.25, 0.3) is 0 Å². The summed E-state index contributed by atoms with van der Waals surface area (Å²) in [7, 11) is 0. The van der Waals surface area contributed by atoms with Gasteiger partial charge in [0.1, 0.15) is 0 Å². The van der Waals surface area contributed by atoms with Gasteiger partial charge in [-0.3, -0.25) is 4.79 Å². The number of rotatable bonds is 7. The first-order valence-electron chi connectivity index (χ1n) is 6.64. The highest BCUT2D eigenvalue weighted by Gasteiger charge is 2.14. The number of anilines is 1. The van der Waals surface area contributed by atoms with E-state index in [1.165, 1.54) is 49.9 Å². The van der Waals surface area contributed by atoms with E-state index in [9.17, 15) is 4.79 Å². The third-order valence-electron chi connectivity index (χ3n) is 3.42. The fourth-order valence-electron chi connectivity index (χ4n) is 2.51. The molecule has 1 fully saturated rings. The normalized spacial score (nSPS) is 16.0. The molecule has 1 aliphatic carbocycles. The van der Waals surface area contributed by atoms with Crippen LogP contribution in [0.3, 0.4) is 0 Å². The number of aromatic nitrogens is 1. The topological polar surface area (TPSA) is 62.2 Å². The predicted molar refractivity (Wildman–Crippen MR) is 73.1 cm³/mol. The third-order valence-corrected chi connectivity index (χ3v) is 4.27. The van der Waals surface area contributed by atoms with Crippen LogP contribution in [0.15, 0.2) is 5.38 Å². The van der Waals surface area contributed by atoms with Gasteiger partial charge in [0.05, 0.1) is 12.1 Å². The predicted octanol–water partition coefficient (Wildman–Crippen LogP) is 3.15. The Morgan fingerprint density at radius 1 is 1.50 bits per heavy atom. The van der Waals surface area contributed by atoms with E-state index in [0.29, 0.717) is 5.69 Å². The Morgan fingerprint density at radius 2 is 2.28 bits per heavy atom. The molecule has 0 radical (unpaired) electrons. The lowest BCUT2D eigenvalue weighted by atomic mass is 10.0. The van der Waals surface area contributed by atoms with Gasteiger partial charge < -0.3 is 10.4 Å². The molecular formula is C13H20N2O2S. The van der Waals surface area contributed by atoms with Crippen molar-refractivity contribution in [2.45, 2.75) is 44.9 Å². The maximum absolute atomic E-state index is 10.5. The van der Waals surface area contributed by atoms with Crippen molar-refractivity contribution in [2.24, 2.45) is 5.92 Å². The number of aliphatic carboxylic acids is 1. The molecular weight excluding hydrogens is 248 g/mol. The van der Waals surface area contributed by atoms with Crippen LogP contribution in [-0.2, 0) is 11.2 Å². The van der Waals surface area contributed by atoms with Crippen LogP contribution in [0.1, 0.15) is 44.2 Å². The molecule has 0 saturated heterocycles. The lowest BCUT2D eigenvalue weighted by molar-refractivity contribution is -0.136. The van der Waals surface area contributed by atoms with Crippen molar-refractivity contribution < 1.29 is 9.90 Å². The molecule has 0 aromatic carbocycles. The van der Waals surface area contributed by atoms with Gasteiger partial charge in [0.15, 0.2) is 5.13 Å². The quantitative estimate of drug-likeness (QED) is 0.746. The second kappa shape index (κ2) is 6.73. The van der Waals surface area contributed by atoms with Crippen molar-refractivity contribution in [3.8, 4) is 0 Å². The van der Waals surface area contributed by atoms with Crippen LogP contribution in [0.2, 0.25) is 0 Å². The van der Waals surface area contributed by atoms with Gasteiger partial charge in [-0.1, -0.05) is 25.7 Å². The Kier molecular flexibility index (Phi) is 4.99. The van der Waals surface area contributed by atoms with Crippen LogP contribution in [0, 0.1) is 5.92 Å². The Balaban J connectivity index is 1.63. The van der Waals surface area contributed by atoms with Gasteiger partial charge in [0, 0.05) is 11.9 Å². The van der Waals surface area contributed by atoms with Crippen molar-refractivity contribution in [2.75, 3.05) is 11.9 Å². The Hall–Kier alpha value is -1.10. The van der Waals surface area contributed by atoms with Gasteiger partial charge in [-0.2, -0.15) is 0 Å². The van der Waals surface area contributed by atoms with E-state index in [2.05, 4.69) is 10.3 Å². The Morgan fingerprint density at radius 3 is 3.00 bits per heavy atom. The van der Waals surface area contributed by atoms with Gasteiger partial charge in [0.2, 0.25) is 0 Å². The van der Waals surface area contributed by atoms with E-state index >= 15 is 0 Å². The first-order chi connectivity index (χ1) is 8.74. The smallest absolute Gasteiger partial charge is 0.309 e. The average Bonchev–Trinajstić information content (AvgIpc) is 2.95. The summed E-state index contributed by atoms with van der Waals surface area (Å²) in [5, 5.41) is 14.6. The van der Waals surface area contributed by atoms with E-state index in [0.717, 1.165) is 17.6 Å². The largest absolute Gasteiger partial charge is 0.481 e. The van der Waals surface area contributed by atoms with Crippen molar-refractivity contribution in [1.29, 1.82) is 0 Å². The highest BCUT2D eigenvalue weighted by Crippen LogP contribution is 2.28. The molecule has 0 amide bonds. The van der Waals surface area contributed by atoms with Crippen molar-refractivity contribution in [3.05, 3.63) is 11.1 Å². The molecule has 18 heavy (non-hydrogen) atoms. The molecule has 1 heterocycles. The molecule has 0 aliphatic heterocycles. The fourth-order valence-corrected chi connectivity index (χ4v) is 3.25. The molecule has 1 aromatic rings. The first kappa shape index (κ1) is 13.3. The van der Waals surface area contributed by atoms with E-state index in [-0.39, 0.29) is 6.42 Å². The minimum Gasteiger partial charge on any atom is -0.481 e. The second-order valence-corrected chi connectivity index (χ2v) is 5.79. The zero-order chi connectivity index (χ0) is 12.8. The minimum absolute atomic E-state index is 0.0141. The lowest BCUT2D eigenvalue weighted by Gasteiger charge is -2.08. The molecule has 0 unspecified atom stereocenters. The number of thiazole rings is 1. The number of nitrogens with zero attached hydrogens (tertiary/aromatic N) is 1. The van der Waals surface area contributed by atoms with Crippen molar-refractivity contribution in [1.82, 2.24) is 4.98 Å². The van der Waals surface area contributed by atoms with E-state index in [4.69, 9.17) is 5.11 Å². The number of carboxylic acid groups (broad SMARTS) is 1. The SMILES string of the molecule is O=C(O)Cc1csc(NCCCC2CCCC2)n1. The average molecular weight is 268 g/mol. The molecule has 0 spiro atoms. The van der Waals surface area contributed by atoms with Crippen LogP contribution in [0.4, 0.5) is 5.13 Å². The molecule has 1 saturated carbocycles. The number of hydrogen-bond acceptors (Lipinski definition) is 4. The monoisotopic (exact) mass is 268 g/mol. The summed E-state index contributed by atoms with van der Waals surface area (Å²) in [6, 6.07) is 0. The van der Waals surface area contributed by atoms with Crippen molar-refractivity contribution in [3.63, 3.8) is 0 Å². The van der Waals surface area contributed by atoms with Gasteiger partial charge in [-0.25, -0.2) is 4.98 Å². The molecule has 0 atom stereocenters. The van der Waals surface area contributed by atoms with Crippen LogP contribution in [0.25, 0.3) is 0 Å². The fraction of sp³-hybridized carbons (Fsp3) is 0.692. The third kappa shape index (κ3) is 4.29. The number of carbonyl (C=O) groups is 1. The zero-order valence-electron chi connectivity index (χ0n) is 10.5. The molecule has 1 aromatic heterocycles. The van der Waals surface area contributed by atoms with E-state index in [1.807, 2.05) is 5.38 Å². The highest BCUT2D eigenvalue weighted by molar-refractivity contribution is 7.13. The van der Waals surface area contributed by atoms with E-state index < -0.39 is 5.97 Å². The first-order valence-corrected chi connectivity index (χ1v) is 7.52. The Labute approximate surface area is 111 Å². The van der Waals surface area contributed by atoms with Crippen LogP contribution in [-0.4, -0.2) is 22.6 Å².